The Morgan fingerprint density at radius 1 is 1.10 bits per heavy atom. The Morgan fingerprint density at radius 3 is 2.55 bits per heavy atom. The van der Waals surface area contributed by atoms with Crippen molar-refractivity contribution in [1.82, 2.24) is 5.32 Å². The normalized spacial score (nSPS) is 18.7. The highest BCUT2D eigenvalue weighted by Crippen LogP contribution is 2.38. The van der Waals surface area contributed by atoms with E-state index in [0.29, 0.717) is 49.0 Å². The molecule has 0 unspecified atom stereocenters. The van der Waals surface area contributed by atoms with Crippen molar-refractivity contribution >= 4 is 29.1 Å². The van der Waals surface area contributed by atoms with E-state index >= 15 is 0 Å². The predicted molar refractivity (Wildman–Crippen MR) is 114 cm³/mol. The Kier molecular flexibility index (Phi) is 5.88. The van der Waals surface area contributed by atoms with E-state index in [1.165, 1.54) is 0 Å². The average molecular weight is 413 g/mol. The van der Waals surface area contributed by atoms with Crippen molar-refractivity contribution in [2.24, 2.45) is 0 Å². The molecule has 29 heavy (non-hydrogen) atoms. The van der Waals surface area contributed by atoms with E-state index in [4.69, 9.17) is 16.3 Å². The molecule has 6 heteroatoms. The molecular weight excluding hydrogens is 388 g/mol. The van der Waals surface area contributed by atoms with Crippen molar-refractivity contribution in [3.8, 4) is 0 Å². The number of hydrogen-bond donors (Lipinski definition) is 1. The molecule has 0 aromatic heterocycles. The number of carbonyl (C=O) groups is 2. The number of nitrogens with one attached hydrogen (secondary N) is 1. The van der Waals surface area contributed by atoms with E-state index in [1.54, 1.807) is 11.0 Å². The summed E-state index contributed by atoms with van der Waals surface area (Å²) in [6, 6.07) is 15.1. The van der Waals surface area contributed by atoms with E-state index in [2.05, 4.69) is 5.32 Å². The minimum absolute atomic E-state index is 0.0715. The van der Waals surface area contributed by atoms with Crippen molar-refractivity contribution in [2.75, 3.05) is 31.2 Å². The molecular formula is C23H25ClN2O3. The zero-order valence-corrected chi connectivity index (χ0v) is 17.1. The SMILES string of the molecule is O=C(NCC1(c2ccccc2Cl)CCOCC1)c1ccccc1N1CCCC1=O. The number of carbonyl (C=O) groups excluding carboxylic acids is 2. The number of halogens is 1. The summed E-state index contributed by atoms with van der Waals surface area (Å²) in [6.45, 7) is 2.41. The topological polar surface area (TPSA) is 58.6 Å². The lowest BCUT2D eigenvalue weighted by molar-refractivity contribution is -0.117. The molecule has 2 aromatic carbocycles. The fourth-order valence-electron chi connectivity index (χ4n) is 4.34. The van der Waals surface area contributed by atoms with Crippen LogP contribution in [0.2, 0.25) is 5.02 Å². The number of rotatable bonds is 5. The van der Waals surface area contributed by atoms with Crippen LogP contribution in [0.1, 0.15) is 41.6 Å². The van der Waals surface area contributed by atoms with Crippen molar-refractivity contribution in [3.63, 3.8) is 0 Å². The third kappa shape index (κ3) is 4.02. The molecule has 2 amide bonds. The number of nitrogens with zero attached hydrogens (tertiary/aromatic N) is 1. The summed E-state index contributed by atoms with van der Waals surface area (Å²) in [7, 11) is 0. The van der Waals surface area contributed by atoms with Crippen molar-refractivity contribution < 1.29 is 14.3 Å². The molecule has 1 N–H and O–H groups in total. The van der Waals surface area contributed by atoms with Crippen molar-refractivity contribution in [3.05, 3.63) is 64.7 Å². The van der Waals surface area contributed by atoms with Crippen LogP contribution in [0.4, 0.5) is 5.69 Å². The maximum Gasteiger partial charge on any atom is 0.253 e. The van der Waals surface area contributed by atoms with Gasteiger partial charge in [-0.05, 0) is 43.0 Å². The predicted octanol–water partition coefficient (Wildman–Crippen LogP) is 3.95. The van der Waals surface area contributed by atoms with Crippen LogP contribution < -0.4 is 10.2 Å². The maximum absolute atomic E-state index is 13.1. The van der Waals surface area contributed by atoms with Crippen molar-refractivity contribution in [2.45, 2.75) is 31.1 Å². The maximum atomic E-state index is 13.1. The molecule has 2 saturated heterocycles. The van der Waals surface area contributed by atoms with Crippen LogP contribution in [0.5, 0.6) is 0 Å². The first-order chi connectivity index (χ1) is 14.1. The van der Waals surface area contributed by atoms with Gasteiger partial charge in [-0.2, -0.15) is 0 Å². The summed E-state index contributed by atoms with van der Waals surface area (Å²) in [4.78, 5) is 27.0. The summed E-state index contributed by atoms with van der Waals surface area (Å²) >= 11 is 6.51. The summed E-state index contributed by atoms with van der Waals surface area (Å²) in [6.07, 6.45) is 2.95. The van der Waals surface area contributed by atoms with Gasteiger partial charge in [0.2, 0.25) is 5.91 Å². The Balaban J connectivity index is 1.57. The zero-order valence-electron chi connectivity index (χ0n) is 16.3. The Morgan fingerprint density at radius 2 is 1.83 bits per heavy atom. The van der Waals surface area contributed by atoms with Crippen LogP contribution in [0.15, 0.2) is 48.5 Å². The summed E-state index contributed by atoms with van der Waals surface area (Å²) in [5.41, 5.74) is 2.01. The molecule has 2 aromatic rings. The van der Waals surface area contributed by atoms with E-state index < -0.39 is 0 Å². The van der Waals surface area contributed by atoms with Gasteiger partial charge in [0, 0.05) is 43.2 Å². The first-order valence-electron chi connectivity index (χ1n) is 10.1. The van der Waals surface area contributed by atoms with Crippen LogP contribution in [-0.4, -0.2) is 38.1 Å². The lowest BCUT2D eigenvalue weighted by atomic mass is 9.74. The smallest absolute Gasteiger partial charge is 0.253 e. The van der Waals surface area contributed by atoms with E-state index in [-0.39, 0.29) is 17.2 Å². The van der Waals surface area contributed by atoms with Crippen LogP contribution in [-0.2, 0) is 14.9 Å². The first kappa shape index (κ1) is 19.9. The summed E-state index contributed by atoms with van der Waals surface area (Å²) in [5.74, 6) is -0.0968. The molecule has 0 aliphatic carbocycles. The third-order valence-corrected chi connectivity index (χ3v) is 6.32. The monoisotopic (exact) mass is 412 g/mol. The Hall–Kier alpha value is -2.37. The van der Waals surface area contributed by atoms with Gasteiger partial charge in [0.1, 0.15) is 0 Å². The molecule has 2 aliphatic heterocycles. The number of hydrogen-bond acceptors (Lipinski definition) is 3. The van der Waals surface area contributed by atoms with Gasteiger partial charge < -0.3 is 15.0 Å². The number of anilines is 1. The van der Waals surface area contributed by atoms with Gasteiger partial charge in [0.05, 0.1) is 11.3 Å². The highest BCUT2D eigenvalue weighted by atomic mass is 35.5. The summed E-state index contributed by atoms with van der Waals surface area (Å²) in [5, 5.41) is 3.84. The Labute approximate surface area is 176 Å². The van der Waals surface area contributed by atoms with Crippen LogP contribution >= 0.6 is 11.6 Å². The van der Waals surface area contributed by atoms with Crippen LogP contribution in [0.3, 0.4) is 0 Å². The average Bonchev–Trinajstić information content (AvgIpc) is 3.19. The third-order valence-electron chi connectivity index (χ3n) is 6.00. The minimum Gasteiger partial charge on any atom is -0.381 e. The number of para-hydroxylation sites is 1. The van der Waals surface area contributed by atoms with Gasteiger partial charge >= 0.3 is 0 Å². The minimum atomic E-state index is -0.259. The highest BCUT2D eigenvalue weighted by Gasteiger charge is 2.36. The molecule has 152 valence electrons. The largest absolute Gasteiger partial charge is 0.381 e. The second-order valence-corrected chi connectivity index (χ2v) is 8.13. The first-order valence-corrected chi connectivity index (χ1v) is 10.5. The van der Waals surface area contributed by atoms with Gasteiger partial charge in [-0.1, -0.05) is 41.9 Å². The summed E-state index contributed by atoms with van der Waals surface area (Å²) < 4.78 is 5.58. The molecule has 2 aliphatic rings. The number of ether oxygens (including phenoxy) is 1. The van der Waals surface area contributed by atoms with Gasteiger partial charge in [-0.3, -0.25) is 9.59 Å². The second-order valence-electron chi connectivity index (χ2n) is 7.72. The van der Waals surface area contributed by atoms with Crippen LogP contribution in [0, 0.1) is 0 Å². The van der Waals surface area contributed by atoms with Gasteiger partial charge in [0.15, 0.2) is 0 Å². The molecule has 0 spiro atoms. The fraction of sp³-hybridized carbons (Fsp3) is 0.391. The lowest BCUT2D eigenvalue weighted by Crippen LogP contribution is -2.45. The number of benzene rings is 2. The molecule has 0 saturated carbocycles. The number of amides is 2. The molecule has 0 radical (unpaired) electrons. The van der Waals surface area contributed by atoms with Gasteiger partial charge in [-0.15, -0.1) is 0 Å². The highest BCUT2D eigenvalue weighted by molar-refractivity contribution is 6.31. The van der Waals surface area contributed by atoms with E-state index in [9.17, 15) is 9.59 Å². The van der Waals surface area contributed by atoms with Crippen molar-refractivity contribution in [1.29, 1.82) is 0 Å². The zero-order chi connectivity index (χ0) is 20.3. The Bertz CT molecular complexity index is 909. The van der Waals surface area contributed by atoms with E-state index in [1.807, 2.05) is 42.5 Å². The standard InChI is InChI=1S/C23H25ClN2O3/c24-19-8-3-2-7-18(19)23(11-14-29-15-12-23)16-25-22(28)17-6-1-4-9-20(17)26-13-5-10-21(26)27/h1-4,6-9H,5,10-16H2,(H,25,28). The molecule has 0 atom stereocenters. The quantitative estimate of drug-likeness (QED) is 0.809. The fourth-order valence-corrected chi connectivity index (χ4v) is 4.68. The molecule has 5 nitrogen and oxygen atoms in total. The molecule has 2 fully saturated rings. The van der Waals surface area contributed by atoms with E-state index in [0.717, 1.165) is 24.8 Å². The molecule has 4 rings (SSSR count). The molecule has 2 heterocycles. The lowest BCUT2D eigenvalue weighted by Gasteiger charge is -2.38. The second kappa shape index (κ2) is 8.56. The van der Waals surface area contributed by atoms with Gasteiger partial charge in [0.25, 0.3) is 5.91 Å². The van der Waals surface area contributed by atoms with Crippen LogP contribution in [0.25, 0.3) is 0 Å². The van der Waals surface area contributed by atoms with Gasteiger partial charge in [-0.25, -0.2) is 0 Å². The molecule has 0 bridgehead atoms.